The molecular formula is C17H17ClN2OS. The van der Waals surface area contributed by atoms with E-state index in [1.54, 1.807) is 11.3 Å². The van der Waals surface area contributed by atoms with Crippen molar-refractivity contribution in [3.63, 3.8) is 0 Å². The van der Waals surface area contributed by atoms with Crippen LogP contribution in [-0.4, -0.2) is 16.8 Å². The molecule has 1 saturated carbocycles. The number of nitrogens with zero attached hydrogens (tertiary/aromatic N) is 1. The second kappa shape index (κ2) is 5.69. The van der Waals surface area contributed by atoms with E-state index in [1.807, 2.05) is 24.3 Å². The third-order valence-electron chi connectivity index (χ3n) is 4.30. The Labute approximate surface area is 138 Å². The number of rotatable bonds is 4. The van der Waals surface area contributed by atoms with Gasteiger partial charge in [0.15, 0.2) is 0 Å². The summed E-state index contributed by atoms with van der Waals surface area (Å²) < 4.78 is 0. The number of hydrogen-bond acceptors (Lipinski definition) is 3. The smallest absolute Gasteiger partial charge is 0.261 e. The molecule has 1 amide bonds. The monoisotopic (exact) mass is 332 g/mol. The minimum absolute atomic E-state index is 0.00251. The van der Waals surface area contributed by atoms with E-state index < -0.39 is 0 Å². The van der Waals surface area contributed by atoms with Crippen molar-refractivity contribution in [2.45, 2.75) is 38.5 Å². The van der Waals surface area contributed by atoms with Crippen LogP contribution in [0.4, 0.5) is 0 Å². The lowest BCUT2D eigenvalue weighted by molar-refractivity contribution is 0.0955. The summed E-state index contributed by atoms with van der Waals surface area (Å²) in [5.41, 5.74) is 2.28. The lowest BCUT2D eigenvalue weighted by Gasteiger charge is -2.12. The Bertz CT molecular complexity index is 700. The van der Waals surface area contributed by atoms with Crippen LogP contribution in [0.3, 0.4) is 0 Å². The summed E-state index contributed by atoms with van der Waals surface area (Å²) in [6, 6.07) is 10.4. The van der Waals surface area contributed by atoms with Gasteiger partial charge in [-0.25, -0.2) is 0 Å². The van der Waals surface area contributed by atoms with Gasteiger partial charge >= 0.3 is 0 Å². The second-order valence-corrected chi connectivity index (χ2v) is 7.51. The highest BCUT2D eigenvalue weighted by molar-refractivity contribution is 7.14. The van der Waals surface area contributed by atoms with E-state index >= 15 is 0 Å². The Kier molecular flexibility index (Phi) is 3.68. The second-order valence-electron chi connectivity index (χ2n) is 5.97. The predicted molar refractivity (Wildman–Crippen MR) is 89.2 cm³/mol. The third kappa shape index (κ3) is 2.78. The van der Waals surface area contributed by atoms with Crippen LogP contribution in [0.1, 0.15) is 38.5 Å². The summed E-state index contributed by atoms with van der Waals surface area (Å²) in [6.07, 6.45) is 2.67. The van der Waals surface area contributed by atoms with Crippen molar-refractivity contribution in [2.75, 3.05) is 0 Å². The molecule has 1 aromatic heterocycles. The van der Waals surface area contributed by atoms with Gasteiger partial charge in [-0.1, -0.05) is 29.8 Å². The first-order valence-electron chi connectivity index (χ1n) is 7.58. The van der Waals surface area contributed by atoms with Gasteiger partial charge in [0.1, 0.15) is 0 Å². The van der Waals surface area contributed by atoms with Crippen LogP contribution in [0.25, 0.3) is 0 Å². The zero-order valence-corrected chi connectivity index (χ0v) is 13.7. The number of nitrogens with one attached hydrogen (secondary N) is 1. The molecule has 22 heavy (non-hydrogen) atoms. The maximum absolute atomic E-state index is 12.3. The zero-order valence-electron chi connectivity index (χ0n) is 12.1. The molecule has 1 aliphatic heterocycles. The summed E-state index contributed by atoms with van der Waals surface area (Å²) in [6.45, 7) is 2.49. The van der Waals surface area contributed by atoms with Gasteiger partial charge in [0.2, 0.25) is 0 Å². The first-order valence-corrected chi connectivity index (χ1v) is 8.77. The third-order valence-corrected chi connectivity index (χ3v) is 5.83. The molecule has 4 rings (SSSR count). The molecule has 2 aromatic rings. The molecule has 1 aliphatic carbocycles. The van der Waals surface area contributed by atoms with E-state index in [0.717, 1.165) is 29.6 Å². The van der Waals surface area contributed by atoms with Crippen molar-refractivity contribution in [2.24, 2.45) is 0 Å². The quantitative estimate of drug-likeness (QED) is 0.923. The van der Waals surface area contributed by atoms with Crippen LogP contribution in [-0.2, 0) is 19.6 Å². The minimum Gasteiger partial charge on any atom is -0.347 e. The van der Waals surface area contributed by atoms with Crippen LogP contribution in [0.2, 0.25) is 5.02 Å². The predicted octanol–water partition coefficient (Wildman–Crippen LogP) is 3.81. The topological polar surface area (TPSA) is 32.3 Å². The summed E-state index contributed by atoms with van der Waals surface area (Å²) in [5.74, 6) is -0.00251. The molecule has 0 unspecified atom stereocenters. The van der Waals surface area contributed by atoms with Crippen molar-refractivity contribution in [1.82, 2.24) is 10.2 Å². The number of amides is 1. The van der Waals surface area contributed by atoms with Gasteiger partial charge in [-0.3, -0.25) is 9.69 Å². The maximum atomic E-state index is 12.3. The SMILES string of the molecule is O=C(NCc1ccccc1Cl)c1cc2c(s1)CN(C1CC1)C2. The fourth-order valence-electron chi connectivity index (χ4n) is 2.91. The molecule has 5 heteroatoms. The number of benzene rings is 1. The zero-order chi connectivity index (χ0) is 15.1. The molecule has 2 aliphatic rings. The maximum Gasteiger partial charge on any atom is 0.261 e. The highest BCUT2D eigenvalue weighted by Crippen LogP contribution is 2.38. The molecule has 0 saturated heterocycles. The molecule has 2 heterocycles. The molecule has 114 valence electrons. The Morgan fingerprint density at radius 3 is 2.86 bits per heavy atom. The number of halogens is 1. The summed E-state index contributed by atoms with van der Waals surface area (Å²) in [7, 11) is 0. The van der Waals surface area contributed by atoms with Crippen molar-refractivity contribution in [1.29, 1.82) is 0 Å². The van der Waals surface area contributed by atoms with Gasteiger partial charge in [0.25, 0.3) is 5.91 Å². The molecule has 1 N–H and O–H groups in total. The summed E-state index contributed by atoms with van der Waals surface area (Å²) in [5, 5.41) is 3.66. The van der Waals surface area contributed by atoms with E-state index in [-0.39, 0.29) is 5.91 Å². The molecule has 0 spiro atoms. The van der Waals surface area contributed by atoms with Crippen LogP contribution in [0.5, 0.6) is 0 Å². The van der Waals surface area contributed by atoms with Crippen molar-refractivity contribution < 1.29 is 4.79 Å². The van der Waals surface area contributed by atoms with Crippen molar-refractivity contribution >= 4 is 28.8 Å². The molecule has 0 radical (unpaired) electrons. The van der Waals surface area contributed by atoms with Crippen molar-refractivity contribution in [3.05, 3.63) is 56.2 Å². The van der Waals surface area contributed by atoms with E-state index in [9.17, 15) is 4.79 Å². The molecular weight excluding hydrogens is 316 g/mol. The molecule has 0 bridgehead atoms. The number of fused-ring (bicyclic) bond motifs is 1. The fourth-order valence-corrected chi connectivity index (χ4v) is 4.23. The van der Waals surface area contributed by atoms with E-state index in [0.29, 0.717) is 11.6 Å². The lowest BCUT2D eigenvalue weighted by Crippen LogP contribution is -2.22. The van der Waals surface area contributed by atoms with Gasteiger partial charge in [-0.15, -0.1) is 11.3 Å². The number of carbonyl (C=O) groups is 1. The van der Waals surface area contributed by atoms with E-state index in [1.165, 1.54) is 23.3 Å². The van der Waals surface area contributed by atoms with E-state index in [4.69, 9.17) is 11.6 Å². The van der Waals surface area contributed by atoms with Crippen LogP contribution >= 0.6 is 22.9 Å². The van der Waals surface area contributed by atoms with Crippen LogP contribution < -0.4 is 5.32 Å². The van der Waals surface area contributed by atoms with Crippen LogP contribution in [0, 0.1) is 0 Å². The molecule has 1 fully saturated rings. The Hall–Kier alpha value is -1.36. The number of thiophene rings is 1. The summed E-state index contributed by atoms with van der Waals surface area (Å²) in [4.78, 5) is 17.0. The van der Waals surface area contributed by atoms with E-state index in [2.05, 4.69) is 16.3 Å². The largest absolute Gasteiger partial charge is 0.347 e. The first-order chi connectivity index (χ1) is 10.7. The standard InChI is InChI=1S/C17H17ClN2OS/c18-14-4-2-1-3-11(14)8-19-17(21)15-7-12-9-20(13-5-6-13)10-16(12)22-15/h1-4,7,13H,5-6,8-10H2,(H,19,21). The Morgan fingerprint density at radius 2 is 2.14 bits per heavy atom. The summed E-state index contributed by atoms with van der Waals surface area (Å²) >= 11 is 7.74. The Balaban J connectivity index is 1.40. The normalized spacial score (nSPS) is 17.5. The number of hydrogen-bond donors (Lipinski definition) is 1. The molecule has 1 aromatic carbocycles. The minimum atomic E-state index is -0.00251. The average Bonchev–Trinajstić information content (AvgIpc) is 3.16. The molecule has 3 nitrogen and oxygen atoms in total. The highest BCUT2D eigenvalue weighted by atomic mass is 35.5. The van der Waals surface area contributed by atoms with Gasteiger partial charge < -0.3 is 5.32 Å². The lowest BCUT2D eigenvalue weighted by atomic mass is 10.2. The number of carbonyl (C=O) groups excluding carboxylic acids is 1. The first kappa shape index (κ1) is 14.2. The Morgan fingerprint density at radius 1 is 1.32 bits per heavy atom. The van der Waals surface area contributed by atoms with Gasteiger partial charge in [-0.05, 0) is 36.1 Å². The van der Waals surface area contributed by atoms with Crippen LogP contribution in [0.15, 0.2) is 30.3 Å². The molecule has 0 atom stereocenters. The van der Waals surface area contributed by atoms with Crippen molar-refractivity contribution in [3.8, 4) is 0 Å². The fraction of sp³-hybridized carbons (Fsp3) is 0.353. The van der Waals surface area contributed by atoms with Gasteiger partial charge in [0.05, 0.1) is 4.88 Å². The average molecular weight is 333 g/mol. The van der Waals surface area contributed by atoms with Gasteiger partial charge in [0, 0.05) is 35.6 Å². The highest BCUT2D eigenvalue weighted by Gasteiger charge is 2.34. The van der Waals surface area contributed by atoms with Gasteiger partial charge in [-0.2, -0.15) is 0 Å².